The molecule has 9 heteroatoms. The number of nitrogens with zero attached hydrogens (tertiary/aromatic N) is 2. The molecular formula is C29H36FN3O5. The molecule has 0 spiro atoms. The van der Waals surface area contributed by atoms with Crippen LogP contribution in [0.5, 0.6) is 5.75 Å². The van der Waals surface area contributed by atoms with Gasteiger partial charge in [-0.15, -0.1) is 0 Å². The second kappa shape index (κ2) is 12.8. The van der Waals surface area contributed by atoms with Gasteiger partial charge in [-0.1, -0.05) is 25.1 Å². The Morgan fingerprint density at radius 1 is 1.08 bits per heavy atom. The molecule has 0 saturated carbocycles. The minimum Gasteiger partial charge on any atom is -0.492 e. The fourth-order valence-corrected chi connectivity index (χ4v) is 4.97. The molecule has 2 aliphatic rings. The standard InChI is InChI=1S/C29H36FN3O5/c1-3-20(18-27(31)34)22-7-10-24(25(17-22)36-4-2)33-13-11-32(12-14-33)15-16-37-26-19-38-29(35)28(26)21-5-8-23(30)9-6-21/h5-10,17,20H,3-4,11-16,18-19H2,1-2H3,(H2,31,34)/t20-/m0/s1. The average Bonchev–Trinajstić information content (AvgIpc) is 3.28. The maximum absolute atomic E-state index is 13.3. The normalized spacial score (nSPS) is 16.9. The first-order chi connectivity index (χ1) is 18.4. The Kier molecular flexibility index (Phi) is 9.23. The quantitative estimate of drug-likeness (QED) is 0.422. The van der Waals surface area contributed by atoms with Gasteiger partial charge in [-0.05, 0) is 54.7 Å². The Hall–Kier alpha value is -3.59. The van der Waals surface area contributed by atoms with Crippen molar-refractivity contribution >= 4 is 23.1 Å². The topological polar surface area (TPSA) is 94.3 Å². The lowest BCUT2D eigenvalue weighted by Gasteiger charge is -2.36. The molecular weight excluding hydrogens is 489 g/mol. The summed E-state index contributed by atoms with van der Waals surface area (Å²) >= 11 is 0. The van der Waals surface area contributed by atoms with Gasteiger partial charge in [0.25, 0.3) is 0 Å². The van der Waals surface area contributed by atoms with Crippen LogP contribution in [0.2, 0.25) is 0 Å². The first-order valence-electron chi connectivity index (χ1n) is 13.2. The van der Waals surface area contributed by atoms with Gasteiger partial charge in [0.15, 0.2) is 0 Å². The molecule has 0 aliphatic carbocycles. The highest BCUT2D eigenvalue weighted by molar-refractivity contribution is 6.18. The van der Waals surface area contributed by atoms with Gasteiger partial charge < -0.3 is 24.8 Å². The Morgan fingerprint density at radius 3 is 2.47 bits per heavy atom. The third-order valence-corrected chi connectivity index (χ3v) is 7.04. The number of cyclic esters (lactones) is 1. The minimum atomic E-state index is -0.448. The van der Waals surface area contributed by atoms with Crippen molar-refractivity contribution in [3.05, 3.63) is 65.2 Å². The number of esters is 1. The minimum absolute atomic E-state index is 0.0804. The number of benzene rings is 2. The van der Waals surface area contributed by atoms with Crippen LogP contribution >= 0.6 is 0 Å². The number of rotatable bonds is 12. The number of amides is 1. The molecule has 4 rings (SSSR count). The number of carbonyl (C=O) groups excluding carboxylic acids is 2. The lowest BCUT2D eigenvalue weighted by molar-refractivity contribution is -0.134. The summed E-state index contributed by atoms with van der Waals surface area (Å²) in [5, 5.41) is 0. The van der Waals surface area contributed by atoms with Crippen molar-refractivity contribution in [3.63, 3.8) is 0 Å². The number of hydrogen-bond acceptors (Lipinski definition) is 7. The predicted octanol–water partition coefficient (Wildman–Crippen LogP) is 3.70. The first-order valence-corrected chi connectivity index (χ1v) is 13.2. The van der Waals surface area contributed by atoms with E-state index < -0.39 is 5.97 Å². The number of anilines is 1. The molecule has 2 aromatic rings. The molecule has 0 radical (unpaired) electrons. The molecule has 2 aromatic carbocycles. The van der Waals surface area contributed by atoms with Gasteiger partial charge in [-0.2, -0.15) is 0 Å². The van der Waals surface area contributed by atoms with E-state index in [1.165, 1.54) is 12.1 Å². The van der Waals surface area contributed by atoms with E-state index >= 15 is 0 Å². The van der Waals surface area contributed by atoms with Crippen LogP contribution in [0.25, 0.3) is 5.57 Å². The molecule has 2 heterocycles. The molecule has 0 unspecified atom stereocenters. The van der Waals surface area contributed by atoms with Crippen molar-refractivity contribution in [2.75, 3.05) is 57.4 Å². The van der Waals surface area contributed by atoms with Crippen LogP contribution in [0.3, 0.4) is 0 Å². The van der Waals surface area contributed by atoms with Crippen LogP contribution < -0.4 is 15.4 Å². The average molecular weight is 526 g/mol. The number of hydrogen-bond donors (Lipinski definition) is 1. The summed E-state index contributed by atoms with van der Waals surface area (Å²) in [7, 11) is 0. The van der Waals surface area contributed by atoms with Crippen molar-refractivity contribution in [2.24, 2.45) is 5.73 Å². The lowest BCUT2D eigenvalue weighted by atomic mass is 9.92. The highest BCUT2D eigenvalue weighted by atomic mass is 19.1. The van der Waals surface area contributed by atoms with Crippen LogP contribution in [0, 0.1) is 5.82 Å². The van der Waals surface area contributed by atoms with E-state index in [-0.39, 0.29) is 24.2 Å². The molecule has 38 heavy (non-hydrogen) atoms. The van der Waals surface area contributed by atoms with E-state index in [0.717, 1.165) is 49.6 Å². The van der Waals surface area contributed by atoms with Crippen LogP contribution in [0.15, 0.2) is 48.2 Å². The third-order valence-electron chi connectivity index (χ3n) is 7.04. The van der Waals surface area contributed by atoms with Gasteiger partial charge in [0.2, 0.25) is 5.91 Å². The van der Waals surface area contributed by atoms with Crippen LogP contribution in [-0.2, 0) is 19.1 Å². The molecule has 0 aromatic heterocycles. The number of carbonyl (C=O) groups is 2. The molecule has 1 saturated heterocycles. The van der Waals surface area contributed by atoms with E-state index in [0.29, 0.717) is 43.1 Å². The fraction of sp³-hybridized carbons (Fsp3) is 0.448. The van der Waals surface area contributed by atoms with Crippen molar-refractivity contribution < 1.29 is 28.2 Å². The van der Waals surface area contributed by atoms with Gasteiger partial charge in [0.1, 0.15) is 36.1 Å². The summed E-state index contributed by atoms with van der Waals surface area (Å²) < 4.78 is 30.4. The van der Waals surface area contributed by atoms with Crippen LogP contribution in [0.4, 0.5) is 10.1 Å². The number of piperazine rings is 1. The molecule has 1 atom stereocenters. The summed E-state index contributed by atoms with van der Waals surface area (Å²) in [4.78, 5) is 28.3. The van der Waals surface area contributed by atoms with Gasteiger partial charge in [0.05, 0.1) is 12.3 Å². The van der Waals surface area contributed by atoms with E-state index in [1.807, 2.05) is 13.0 Å². The summed E-state index contributed by atoms with van der Waals surface area (Å²) in [5.41, 5.74) is 8.52. The fourth-order valence-electron chi connectivity index (χ4n) is 4.97. The molecule has 0 bridgehead atoms. The Balaban J connectivity index is 1.33. The maximum atomic E-state index is 13.3. The predicted molar refractivity (Wildman–Crippen MR) is 143 cm³/mol. The Bertz CT molecular complexity index is 1160. The summed E-state index contributed by atoms with van der Waals surface area (Å²) in [5.74, 6) is 0.293. The van der Waals surface area contributed by atoms with Crippen molar-refractivity contribution in [3.8, 4) is 5.75 Å². The zero-order valence-corrected chi connectivity index (χ0v) is 22.1. The molecule has 8 nitrogen and oxygen atoms in total. The maximum Gasteiger partial charge on any atom is 0.342 e. The highest BCUT2D eigenvalue weighted by Gasteiger charge is 2.28. The molecule has 1 amide bonds. The summed E-state index contributed by atoms with van der Waals surface area (Å²) in [6.07, 6.45) is 1.15. The highest BCUT2D eigenvalue weighted by Crippen LogP contribution is 2.35. The van der Waals surface area contributed by atoms with Gasteiger partial charge in [0, 0.05) is 39.1 Å². The van der Waals surface area contributed by atoms with Crippen molar-refractivity contribution in [2.45, 2.75) is 32.6 Å². The van der Waals surface area contributed by atoms with Gasteiger partial charge in [-0.25, -0.2) is 9.18 Å². The smallest absolute Gasteiger partial charge is 0.342 e. The zero-order chi connectivity index (χ0) is 27.1. The van der Waals surface area contributed by atoms with Crippen LogP contribution in [-0.4, -0.2) is 69.3 Å². The third kappa shape index (κ3) is 6.64. The van der Waals surface area contributed by atoms with E-state index in [4.69, 9.17) is 19.9 Å². The second-order valence-corrected chi connectivity index (χ2v) is 9.49. The van der Waals surface area contributed by atoms with Gasteiger partial charge >= 0.3 is 5.97 Å². The largest absolute Gasteiger partial charge is 0.492 e. The molecule has 2 N–H and O–H groups in total. The molecule has 1 fully saturated rings. The van der Waals surface area contributed by atoms with Crippen LogP contribution in [0.1, 0.15) is 43.7 Å². The zero-order valence-electron chi connectivity index (χ0n) is 22.1. The van der Waals surface area contributed by atoms with E-state index in [9.17, 15) is 14.0 Å². The summed E-state index contributed by atoms with van der Waals surface area (Å²) in [6.45, 7) is 9.20. The Morgan fingerprint density at radius 2 is 1.82 bits per heavy atom. The molecule has 2 aliphatic heterocycles. The lowest BCUT2D eigenvalue weighted by Crippen LogP contribution is -2.47. The Labute approximate surface area is 223 Å². The number of nitrogens with two attached hydrogens (primary N) is 1. The first kappa shape index (κ1) is 27.4. The monoisotopic (exact) mass is 525 g/mol. The van der Waals surface area contributed by atoms with Gasteiger partial charge in [-0.3, -0.25) is 9.69 Å². The van der Waals surface area contributed by atoms with E-state index in [1.54, 1.807) is 12.1 Å². The number of ether oxygens (including phenoxy) is 3. The SMILES string of the molecule is CCOc1cc([C@@H](CC)CC(N)=O)ccc1N1CCN(CCOC2=C(c3ccc(F)cc3)C(=O)OC2)CC1. The number of halogens is 1. The second-order valence-electron chi connectivity index (χ2n) is 9.49. The van der Waals surface area contributed by atoms with Crippen molar-refractivity contribution in [1.82, 2.24) is 4.90 Å². The van der Waals surface area contributed by atoms with E-state index in [2.05, 4.69) is 28.9 Å². The molecule has 204 valence electrons. The number of primary amides is 1. The summed E-state index contributed by atoms with van der Waals surface area (Å²) in [6, 6.07) is 12.0. The van der Waals surface area contributed by atoms with Crippen molar-refractivity contribution in [1.29, 1.82) is 0 Å².